The lowest BCUT2D eigenvalue weighted by molar-refractivity contribution is -0.870. The fourth-order valence-corrected chi connectivity index (χ4v) is 6.54. The van der Waals surface area contributed by atoms with E-state index in [-0.39, 0.29) is 25.8 Å². The molecule has 0 saturated carbocycles. The van der Waals surface area contributed by atoms with E-state index in [0.29, 0.717) is 24.1 Å². The van der Waals surface area contributed by atoms with Gasteiger partial charge in [-0.1, -0.05) is 159 Å². The number of hydrogen-bond acceptors (Lipinski definition) is 6. The molecule has 0 bridgehead atoms. The topological polar surface area (TPSA) is 91.3 Å². The number of phosphoric ester groups is 1. The van der Waals surface area contributed by atoms with E-state index in [0.717, 1.165) is 57.8 Å². The van der Waals surface area contributed by atoms with Gasteiger partial charge < -0.3 is 18.9 Å². The van der Waals surface area contributed by atoms with Crippen LogP contribution in [0.4, 0.5) is 0 Å². The first kappa shape index (κ1) is 51.7. The molecule has 1 N–H and O–H groups in total. The van der Waals surface area contributed by atoms with Crippen LogP contribution in [-0.2, 0) is 27.9 Å². The maximum Gasteiger partial charge on any atom is 0.472 e. The molecule has 0 aromatic heterocycles. The number of esters is 1. The number of carbonyl (C=O) groups is 1. The van der Waals surface area contributed by atoms with Gasteiger partial charge in [-0.15, -0.1) is 0 Å². The summed E-state index contributed by atoms with van der Waals surface area (Å²) in [6, 6.07) is 0. The molecule has 0 aliphatic carbocycles. The molecule has 0 aliphatic rings. The molecule has 0 fully saturated rings. The van der Waals surface area contributed by atoms with Crippen molar-refractivity contribution in [3.63, 3.8) is 0 Å². The predicted molar refractivity (Wildman–Crippen MR) is 224 cm³/mol. The van der Waals surface area contributed by atoms with Crippen molar-refractivity contribution >= 4 is 13.8 Å². The van der Waals surface area contributed by atoms with E-state index in [1.54, 1.807) is 0 Å². The number of quaternary nitrogens is 1. The Labute approximate surface area is 327 Å². The van der Waals surface area contributed by atoms with Gasteiger partial charge in [0, 0.05) is 13.0 Å². The summed E-state index contributed by atoms with van der Waals surface area (Å²) in [6.07, 6.45) is 43.1. The maximum absolute atomic E-state index is 12.7. The van der Waals surface area contributed by atoms with Crippen molar-refractivity contribution in [2.75, 3.05) is 54.1 Å². The van der Waals surface area contributed by atoms with E-state index in [9.17, 15) is 14.3 Å². The Morgan fingerprint density at radius 3 is 1.55 bits per heavy atom. The lowest BCUT2D eigenvalue weighted by Crippen LogP contribution is -2.37. The van der Waals surface area contributed by atoms with Crippen molar-refractivity contribution in [2.24, 2.45) is 0 Å². The van der Waals surface area contributed by atoms with Crippen LogP contribution in [0.2, 0.25) is 0 Å². The minimum atomic E-state index is -4.27. The smallest absolute Gasteiger partial charge is 0.457 e. The van der Waals surface area contributed by atoms with Gasteiger partial charge in [-0.05, 0) is 51.4 Å². The first-order valence-corrected chi connectivity index (χ1v) is 23.2. The van der Waals surface area contributed by atoms with Gasteiger partial charge in [-0.25, -0.2) is 4.57 Å². The van der Waals surface area contributed by atoms with Crippen LogP contribution >= 0.6 is 7.82 Å². The number of carbonyl (C=O) groups excluding carboxylic acids is 1. The van der Waals surface area contributed by atoms with Crippen molar-refractivity contribution in [1.82, 2.24) is 0 Å². The molecule has 0 aromatic carbocycles. The zero-order valence-electron chi connectivity index (χ0n) is 35.3. The summed E-state index contributed by atoms with van der Waals surface area (Å²) < 4.78 is 34.9. The third kappa shape index (κ3) is 41.7. The van der Waals surface area contributed by atoms with Crippen molar-refractivity contribution in [1.29, 1.82) is 0 Å². The Balaban J connectivity index is 4.21. The van der Waals surface area contributed by atoms with Crippen LogP contribution in [0.1, 0.15) is 181 Å². The van der Waals surface area contributed by atoms with Gasteiger partial charge >= 0.3 is 13.8 Å². The highest BCUT2D eigenvalue weighted by Crippen LogP contribution is 2.43. The van der Waals surface area contributed by atoms with Crippen molar-refractivity contribution in [3.05, 3.63) is 36.5 Å². The van der Waals surface area contributed by atoms with Crippen LogP contribution in [0.25, 0.3) is 0 Å². The molecule has 0 radical (unpaired) electrons. The third-order valence-electron chi connectivity index (χ3n) is 9.20. The zero-order valence-corrected chi connectivity index (χ0v) is 36.1. The third-order valence-corrected chi connectivity index (χ3v) is 10.2. The van der Waals surface area contributed by atoms with Crippen molar-refractivity contribution < 1.29 is 37.3 Å². The molecule has 0 heterocycles. The molecule has 0 aromatic rings. The van der Waals surface area contributed by atoms with Crippen LogP contribution in [0.15, 0.2) is 36.5 Å². The van der Waals surface area contributed by atoms with E-state index in [4.69, 9.17) is 18.5 Å². The first-order chi connectivity index (χ1) is 25.6. The lowest BCUT2D eigenvalue weighted by Gasteiger charge is -2.24. The number of allylic oxidation sites excluding steroid dienone is 6. The van der Waals surface area contributed by atoms with E-state index in [1.807, 2.05) is 21.1 Å². The molecule has 8 nitrogen and oxygen atoms in total. The largest absolute Gasteiger partial charge is 0.472 e. The SMILES string of the molecule is CCCCCCC/C=C\C/C=C\C/C=C\CCCCCCCCC(=O)OC(COCCCCCCCCCCCC)COP(=O)(O)OCC[N+](C)(C)C. The number of unbranched alkanes of at least 4 members (excludes halogenated alkanes) is 20. The summed E-state index contributed by atoms with van der Waals surface area (Å²) in [6.45, 7) is 5.59. The maximum atomic E-state index is 12.7. The summed E-state index contributed by atoms with van der Waals surface area (Å²) in [5, 5.41) is 0. The van der Waals surface area contributed by atoms with Gasteiger partial charge in [0.15, 0.2) is 0 Å². The molecule has 0 spiro atoms. The number of phosphoric acid groups is 1. The minimum Gasteiger partial charge on any atom is -0.457 e. The molecule has 0 saturated heterocycles. The number of ether oxygens (including phenoxy) is 2. The second-order valence-electron chi connectivity index (χ2n) is 15.7. The van der Waals surface area contributed by atoms with Crippen LogP contribution in [0.3, 0.4) is 0 Å². The highest BCUT2D eigenvalue weighted by molar-refractivity contribution is 7.47. The van der Waals surface area contributed by atoms with E-state index in [2.05, 4.69) is 50.3 Å². The standard InChI is InChI=1S/C44H84NO7P/c1-6-8-10-12-14-16-18-19-20-21-22-23-24-25-26-27-28-29-31-33-35-37-44(46)52-43(42-51-53(47,48)50-40-38-45(3,4)5)41-49-39-36-34-32-30-17-15-13-11-9-7-2/h18-19,21-22,24-25,43H,6-17,20,23,26-42H2,1-5H3/p+1/b19-18-,22-21-,25-24-. The van der Waals surface area contributed by atoms with Crippen LogP contribution in [0, 0.1) is 0 Å². The fraction of sp³-hybridized carbons (Fsp3) is 0.841. The second kappa shape index (κ2) is 37.6. The molecular weight excluding hydrogens is 685 g/mol. The molecule has 9 heteroatoms. The molecular formula is C44H85NO7P+. The van der Waals surface area contributed by atoms with E-state index in [1.165, 1.54) is 103 Å². The van der Waals surface area contributed by atoms with Crippen LogP contribution in [0.5, 0.6) is 0 Å². The summed E-state index contributed by atoms with van der Waals surface area (Å²) >= 11 is 0. The Kier molecular flexibility index (Phi) is 36.7. The fourth-order valence-electron chi connectivity index (χ4n) is 5.79. The summed E-state index contributed by atoms with van der Waals surface area (Å²) in [4.78, 5) is 22.8. The average molecular weight is 771 g/mol. The van der Waals surface area contributed by atoms with Gasteiger partial charge in [0.2, 0.25) is 0 Å². The highest BCUT2D eigenvalue weighted by atomic mass is 31.2. The second-order valence-corrected chi connectivity index (χ2v) is 17.2. The quantitative estimate of drug-likeness (QED) is 0.0218. The Morgan fingerprint density at radius 2 is 1.04 bits per heavy atom. The normalized spacial score (nSPS) is 14.2. The molecule has 0 amide bonds. The zero-order chi connectivity index (χ0) is 39.1. The summed E-state index contributed by atoms with van der Waals surface area (Å²) in [5.41, 5.74) is 0. The van der Waals surface area contributed by atoms with Gasteiger partial charge in [-0.3, -0.25) is 13.8 Å². The number of rotatable bonds is 40. The summed E-state index contributed by atoms with van der Waals surface area (Å²) in [5.74, 6) is -0.326. The van der Waals surface area contributed by atoms with Crippen LogP contribution < -0.4 is 0 Å². The molecule has 2 unspecified atom stereocenters. The molecule has 0 rings (SSSR count). The number of nitrogens with zero attached hydrogens (tertiary/aromatic N) is 1. The van der Waals surface area contributed by atoms with Crippen molar-refractivity contribution in [3.8, 4) is 0 Å². The molecule has 0 aliphatic heterocycles. The Morgan fingerprint density at radius 1 is 0.585 bits per heavy atom. The van der Waals surface area contributed by atoms with E-state index >= 15 is 0 Å². The highest BCUT2D eigenvalue weighted by Gasteiger charge is 2.26. The predicted octanol–water partition coefficient (Wildman–Crippen LogP) is 12.6. The van der Waals surface area contributed by atoms with Crippen LogP contribution in [-0.4, -0.2) is 75.6 Å². The molecule has 53 heavy (non-hydrogen) atoms. The Bertz CT molecular complexity index is 947. The number of likely N-dealkylation sites (N-methyl/N-ethyl adjacent to an activating group) is 1. The number of hydrogen-bond donors (Lipinski definition) is 1. The van der Waals surface area contributed by atoms with Gasteiger partial charge in [0.05, 0.1) is 34.4 Å². The lowest BCUT2D eigenvalue weighted by atomic mass is 10.1. The average Bonchev–Trinajstić information content (AvgIpc) is 3.11. The first-order valence-electron chi connectivity index (χ1n) is 21.7. The van der Waals surface area contributed by atoms with Gasteiger partial charge in [-0.2, -0.15) is 0 Å². The molecule has 312 valence electrons. The molecule has 2 atom stereocenters. The minimum absolute atomic E-state index is 0.0862. The van der Waals surface area contributed by atoms with Gasteiger partial charge in [0.25, 0.3) is 0 Å². The Hall–Kier alpha value is -1.28. The van der Waals surface area contributed by atoms with Crippen molar-refractivity contribution in [2.45, 2.75) is 187 Å². The summed E-state index contributed by atoms with van der Waals surface area (Å²) in [7, 11) is 1.66. The van der Waals surface area contributed by atoms with E-state index < -0.39 is 13.9 Å². The monoisotopic (exact) mass is 771 g/mol. The van der Waals surface area contributed by atoms with Gasteiger partial charge in [0.1, 0.15) is 19.3 Å².